The van der Waals surface area contributed by atoms with Gasteiger partial charge in [0.25, 0.3) is 0 Å². The maximum absolute atomic E-state index is 11.9. The normalized spacial score (nSPS) is 17.9. The predicted octanol–water partition coefficient (Wildman–Crippen LogP) is 2.48. The number of amides is 1. The number of hydrogen-bond donors (Lipinski definition) is 1. The molecule has 1 N–H and O–H groups in total. The highest BCUT2D eigenvalue weighted by Crippen LogP contribution is 2.46. The number of hydrogen-bond acceptors (Lipinski definition) is 4. The number of aromatic nitrogens is 2. The average molecular weight is 265 g/mol. The smallest absolute Gasteiger partial charge is 0.300 e. The molecule has 0 aromatic carbocycles. The molecule has 17 heavy (non-hydrogen) atoms. The molecule has 0 bridgehead atoms. The van der Waals surface area contributed by atoms with Gasteiger partial charge in [-0.05, 0) is 12.8 Å². The summed E-state index contributed by atoms with van der Waals surface area (Å²) >= 11 is 0.910. The summed E-state index contributed by atoms with van der Waals surface area (Å²) in [6.45, 7) is 1.98. The second-order valence-corrected chi connectivity index (χ2v) is 5.08. The average Bonchev–Trinajstić information content (AvgIpc) is 2.73. The lowest BCUT2D eigenvalue weighted by atomic mass is 10.1. The monoisotopic (exact) mass is 265 g/mol. The summed E-state index contributed by atoms with van der Waals surface area (Å²) in [6.07, 6.45) is -4.06. The van der Waals surface area contributed by atoms with E-state index in [1.54, 1.807) is 0 Å². The van der Waals surface area contributed by atoms with Crippen LogP contribution in [0.2, 0.25) is 0 Å². The molecule has 0 unspecified atom stereocenters. The van der Waals surface area contributed by atoms with Gasteiger partial charge in [-0.2, -0.15) is 17.5 Å². The lowest BCUT2D eigenvalue weighted by Crippen LogP contribution is -2.21. The van der Waals surface area contributed by atoms with Gasteiger partial charge in [-0.3, -0.25) is 4.79 Å². The van der Waals surface area contributed by atoms with Gasteiger partial charge in [0, 0.05) is 16.9 Å². The first-order chi connectivity index (χ1) is 7.78. The third-order valence-electron chi connectivity index (χ3n) is 2.57. The van der Waals surface area contributed by atoms with Gasteiger partial charge in [-0.25, -0.2) is 4.98 Å². The molecule has 4 nitrogen and oxygen atoms in total. The minimum absolute atomic E-state index is 0.0521. The van der Waals surface area contributed by atoms with Gasteiger partial charge in [-0.1, -0.05) is 6.92 Å². The molecule has 0 radical (unpaired) electrons. The second kappa shape index (κ2) is 3.94. The van der Waals surface area contributed by atoms with Crippen LogP contribution >= 0.6 is 11.5 Å². The Labute approximate surface area is 99.4 Å². The molecule has 1 aliphatic carbocycles. The van der Waals surface area contributed by atoms with E-state index in [0.717, 1.165) is 24.4 Å². The van der Waals surface area contributed by atoms with Crippen molar-refractivity contribution in [1.82, 2.24) is 9.36 Å². The van der Waals surface area contributed by atoms with Gasteiger partial charge in [0.05, 0.1) is 0 Å². The fourth-order valence-corrected chi connectivity index (χ4v) is 2.00. The first kappa shape index (κ1) is 12.3. The Morgan fingerprint density at radius 3 is 2.71 bits per heavy atom. The summed E-state index contributed by atoms with van der Waals surface area (Å²) < 4.78 is 39.8. The van der Waals surface area contributed by atoms with Crippen LogP contribution in [0, 0.1) is 0 Å². The first-order valence-corrected chi connectivity index (χ1v) is 5.77. The van der Waals surface area contributed by atoms with Crippen LogP contribution < -0.4 is 5.32 Å². The zero-order valence-electron chi connectivity index (χ0n) is 8.97. The first-order valence-electron chi connectivity index (χ1n) is 4.99. The van der Waals surface area contributed by atoms with Gasteiger partial charge in [0.2, 0.25) is 11.0 Å². The molecule has 1 fully saturated rings. The second-order valence-electron chi connectivity index (χ2n) is 4.32. The summed E-state index contributed by atoms with van der Waals surface area (Å²) in [4.78, 5) is 15.0. The Morgan fingerprint density at radius 1 is 1.53 bits per heavy atom. The SMILES string of the molecule is CC1(c2nsc(NC(=O)CC(F)(F)F)n2)CC1. The van der Waals surface area contributed by atoms with Crippen LogP contribution in [0.3, 0.4) is 0 Å². The highest BCUT2D eigenvalue weighted by molar-refractivity contribution is 7.09. The molecule has 0 aliphatic heterocycles. The van der Waals surface area contributed by atoms with Gasteiger partial charge >= 0.3 is 6.18 Å². The van der Waals surface area contributed by atoms with Gasteiger partial charge < -0.3 is 5.32 Å². The van der Waals surface area contributed by atoms with Crippen LogP contribution in [0.15, 0.2) is 0 Å². The number of nitrogens with zero attached hydrogens (tertiary/aromatic N) is 2. The molecule has 1 aromatic heterocycles. The fourth-order valence-electron chi connectivity index (χ4n) is 1.28. The number of alkyl halides is 3. The van der Waals surface area contributed by atoms with Gasteiger partial charge in [-0.15, -0.1) is 0 Å². The topological polar surface area (TPSA) is 54.9 Å². The molecular formula is C9H10F3N3OS. The van der Waals surface area contributed by atoms with Crippen molar-refractivity contribution in [2.75, 3.05) is 5.32 Å². The minimum Gasteiger partial charge on any atom is -0.300 e. The summed E-state index contributed by atoms with van der Waals surface area (Å²) in [7, 11) is 0. The van der Waals surface area contributed by atoms with E-state index >= 15 is 0 Å². The zero-order chi connectivity index (χ0) is 12.7. The third-order valence-corrected chi connectivity index (χ3v) is 3.20. The molecule has 94 valence electrons. The maximum Gasteiger partial charge on any atom is 0.397 e. The van der Waals surface area contributed by atoms with Crippen LogP contribution in [-0.2, 0) is 10.2 Å². The lowest BCUT2D eigenvalue weighted by Gasteiger charge is -2.04. The quantitative estimate of drug-likeness (QED) is 0.913. The minimum atomic E-state index is -4.50. The Balaban J connectivity index is 1.95. The number of carbonyl (C=O) groups excluding carboxylic acids is 1. The molecule has 1 heterocycles. The van der Waals surface area contributed by atoms with Crippen LogP contribution in [0.5, 0.6) is 0 Å². The molecule has 0 atom stereocenters. The largest absolute Gasteiger partial charge is 0.397 e. The van der Waals surface area contributed by atoms with Gasteiger partial charge in [0.1, 0.15) is 6.42 Å². The van der Waals surface area contributed by atoms with Crippen molar-refractivity contribution >= 4 is 22.6 Å². The van der Waals surface area contributed by atoms with E-state index in [2.05, 4.69) is 14.7 Å². The van der Waals surface area contributed by atoms with E-state index in [9.17, 15) is 18.0 Å². The van der Waals surface area contributed by atoms with E-state index < -0.39 is 18.5 Å². The fraction of sp³-hybridized carbons (Fsp3) is 0.667. The van der Waals surface area contributed by atoms with E-state index in [1.807, 2.05) is 6.92 Å². The lowest BCUT2D eigenvalue weighted by molar-refractivity contribution is -0.150. The van der Waals surface area contributed by atoms with E-state index in [0.29, 0.717) is 5.82 Å². The van der Waals surface area contributed by atoms with E-state index in [-0.39, 0.29) is 10.5 Å². The molecule has 1 saturated carbocycles. The van der Waals surface area contributed by atoms with Gasteiger partial charge in [0.15, 0.2) is 5.82 Å². The third kappa shape index (κ3) is 3.15. The van der Waals surface area contributed by atoms with Crippen molar-refractivity contribution in [2.24, 2.45) is 0 Å². The number of halogens is 3. The van der Waals surface area contributed by atoms with Crippen molar-refractivity contribution in [3.8, 4) is 0 Å². The standard InChI is InChI=1S/C9H10F3N3OS/c1-8(2-3-8)6-14-7(17-15-6)13-5(16)4-9(10,11)12/h2-4H2,1H3,(H,13,14,15,16). The Hall–Kier alpha value is -1.18. The number of carbonyl (C=O) groups is 1. The molecule has 1 amide bonds. The summed E-state index contributed by atoms with van der Waals surface area (Å²) in [5.41, 5.74) is -0.0521. The molecular weight excluding hydrogens is 255 g/mol. The van der Waals surface area contributed by atoms with Crippen LogP contribution in [0.25, 0.3) is 0 Å². The zero-order valence-corrected chi connectivity index (χ0v) is 9.78. The Morgan fingerprint density at radius 2 is 2.18 bits per heavy atom. The maximum atomic E-state index is 11.9. The van der Waals surface area contributed by atoms with Crippen LogP contribution in [-0.4, -0.2) is 21.4 Å². The summed E-state index contributed by atoms with van der Waals surface area (Å²) in [5, 5.41) is 2.23. The van der Waals surface area contributed by atoms with Crippen molar-refractivity contribution < 1.29 is 18.0 Å². The predicted molar refractivity (Wildman–Crippen MR) is 55.8 cm³/mol. The van der Waals surface area contributed by atoms with Crippen molar-refractivity contribution in [3.63, 3.8) is 0 Å². The number of rotatable bonds is 3. The van der Waals surface area contributed by atoms with E-state index in [1.165, 1.54) is 0 Å². The Bertz CT molecular complexity index is 439. The molecule has 8 heteroatoms. The number of anilines is 1. The van der Waals surface area contributed by atoms with Crippen molar-refractivity contribution in [2.45, 2.75) is 37.8 Å². The summed E-state index contributed by atoms with van der Waals surface area (Å²) in [6, 6.07) is 0. The molecule has 0 spiro atoms. The van der Waals surface area contributed by atoms with Crippen molar-refractivity contribution in [3.05, 3.63) is 5.82 Å². The highest BCUT2D eigenvalue weighted by atomic mass is 32.1. The number of nitrogens with one attached hydrogen (secondary N) is 1. The molecule has 1 aliphatic rings. The Kier molecular flexibility index (Phi) is 2.84. The molecule has 0 saturated heterocycles. The molecule has 1 aromatic rings. The van der Waals surface area contributed by atoms with E-state index in [4.69, 9.17) is 0 Å². The van der Waals surface area contributed by atoms with Crippen LogP contribution in [0.4, 0.5) is 18.3 Å². The van der Waals surface area contributed by atoms with Crippen molar-refractivity contribution in [1.29, 1.82) is 0 Å². The highest BCUT2D eigenvalue weighted by Gasteiger charge is 2.43. The van der Waals surface area contributed by atoms with Crippen LogP contribution in [0.1, 0.15) is 32.0 Å². The summed E-state index contributed by atoms with van der Waals surface area (Å²) in [5.74, 6) is -0.508. The molecule has 2 rings (SSSR count).